The van der Waals surface area contributed by atoms with Crippen molar-refractivity contribution >= 4 is 5.71 Å². The predicted octanol–water partition coefficient (Wildman–Crippen LogP) is 4.41. The molecule has 5 heteroatoms. The quantitative estimate of drug-likeness (QED) is 0.572. The van der Waals surface area contributed by atoms with Gasteiger partial charge in [-0.2, -0.15) is 0 Å². The Morgan fingerprint density at radius 3 is 1.93 bits per heavy atom. The van der Waals surface area contributed by atoms with Gasteiger partial charge in [0.25, 0.3) is 0 Å². The van der Waals surface area contributed by atoms with Gasteiger partial charge in [0.05, 0.1) is 33.7 Å². The van der Waals surface area contributed by atoms with E-state index in [9.17, 15) is 0 Å². The Morgan fingerprint density at radius 2 is 1.41 bits per heavy atom. The summed E-state index contributed by atoms with van der Waals surface area (Å²) >= 11 is 0. The van der Waals surface area contributed by atoms with Gasteiger partial charge in [-0.1, -0.05) is 37.1 Å². The first-order valence-electron chi connectivity index (χ1n) is 10.4. The molecule has 0 radical (unpaired) electrons. The maximum absolute atomic E-state index is 5.44. The van der Waals surface area contributed by atoms with Crippen LogP contribution in [0.5, 0.6) is 17.2 Å². The second-order valence-corrected chi connectivity index (χ2v) is 7.33. The Bertz CT molecular complexity index is 790. The SMILES string of the molecule is COc1cc(CCCCCCc2ccc(C3=NCNC3)cc2)cc(OC)c1OC. The molecule has 0 saturated heterocycles. The van der Waals surface area contributed by atoms with E-state index in [0.29, 0.717) is 5.75 Å². The van der Waals surface area contributed by atoms with Gasteiger partial charge in [0.2, 0.25) is 5.75 Å². The summed E-state index contributed by atoms with van der Waals surface area (Å²) in [6.45, 7) is 1.62. The van der Waals surface area contributed by atoms with Crippen LogP contribution in [0.25, 0.3) is 0 Å². The molecule has 156 valence electrons. The summed E-state index contributed by atoms with van der Waals surface area (Å²) in [5.41, 5.74) is 5.04. The molecule has 0 unspecified atom stereocenters. The van der Waals surface area contributed by atoms with Gasteiger partial charge in [0.1, 0.15) is 0 Å². The molecule has 0 atom stereocenters. The molecule has 2 aromatic rings. The number of aliphatic imine (C=N–C) groups is 1. The van der Waals surface area contributed by atoms with E-state index in [-0.39, 0.29) is 0 Å². The molecule has 0 amide bonds. The number of nitrogens with zero attached hydrogens (tertiary/aromatic N) is 1. The van der Waals surface area contributed by atoms with Crippen LogP contribution in [-0.2, 0) is 12.8 Å². The lowest BCUT2D eigenvalue weighted by Gasteiger charge is -2.14. The van der Waals surface area contributed by atoms with Crippen LogP contribution < -0.4 is 19.5 Å². The standard InChI is InChI=1S/C24H32N2O3/c1-27-22-14-19(15-23(28-2)24(22)29-3)9-7-5-4-6-8-18-10-12-20(13-11-18)21-16-25-17-26-21/h10-15,25H,4-9,16-17H2,1-3H3. The number of ether oxygens (including phenoxy) is 3. The third-order valence-corrected chi connectivity index (χ3v) is 5.37. The molecule has 1 aliphatic rings. The highest BCUT2D eigenvalue weighted by molar-refractivity contribution is 6.02. The van der Waals surface area contributed by atoms with Crippen molar-refractivity contribution in [2.45, 2.75) is 38.5 Å². The number of methoxy groups -OCH3 is 3. The second-order valence-electron chi connectivity index (χ2n) is 7.33. The molecule has 2 aromatic carbocycles. The monoisotopic (exact) mass is 396 g/mol. The maximum Gasteiger partial charge on any atom is 0.203 e. The number of hydrogen-bond donors (Lipinski definition) is 1. The molecule has 1 aliphatic heterocycles. The Hall–Kier alpha value is -2.53. The van der Waals surface area contributed by atoms with Gasteiger partial charge in [-0.3, -0.25) is 10.3 Å². The van der Waals surface area contributed by atoms with Crippen molar-refractivity contribution in [1.82, 2.24) is 5.32 Å². The Balaban J connectivity index is 1.40. The fourth-order valence-corrected chi connectivity index (χ4v) is 3.73. The number of rotatable bonds is 11. The molecule has 0 bridgehead atoms. The van der Waals surface area contributed by atoms with Crippen LogP contribution in [0.2, 0.25) is 0 Å². The third kappa shape index (κ3) is 5.73. The van der Waals surface area contributed by atoms with Gasteiger partial charge in [-0.05, 0) is 54.5 Å². The van der Waals surface area contributed by atoms with E-state index >= 15 is 0 Å². The Labute approximate surface area is 174 Å². The number of benzene rings is 2. The lowest BCUT2D eigenvalue weighted by molar-refractivity contribution is 0.323. The summed E-state index contributed by atoms with van der Waals surface area (Å²) < 4.78 is 16.3. The maximum atomic E-state index is 5.44. The smallest absolute Gasteiger partial charge is 0.203 e. The number of aryl methyl sites for hydroxylation is 2. The molecule has 0 saturated carbocycles. The van der Waals surface area contributed by atoms with Crippen molar-refractivity contribution in [2.24, 2.45) is 4.99 Å². The van der Waals surface area contributed by atoms with Gasteiger partial charge in [-0.25, -0.2) is 0 Å². The number of nitrogens with one attached hydrogen (secondary N) is 1. The van der Waals surface area contributed by atoms with Crippen LogP contribution in [0.3, 0.4) is 0 Å². The summed E-state index contributed by atoms with van der Waals surface area (Å²) in [7, 11) is 4.95. The number of hydrogen-bond acceptors (Lipinski definition) is 5. The van der Waals surface area contributed by atoms with Crippen molar-refractivity contribution in [3.8, 4) is 17.2 Å². The number of unbranched alkanes of at least 4 members (excludes halogenated alkanes) is 3. The van der Waals surface area contributed by atoms with Crippen molar-refractivity contribution in [2.75, 3.05) is 34.5 Å². The topological polar surface area (TPSA) is 52.1 Å². The van der Waals surface area contributed by atoms with Crippen molar-refractivity contribution in [3.05, 3.63) is 53.1 Å². The summed E-state index contributed by atoms with van der Waals surface area (Å²) in [5, 5.41) is 3.25. The average molecular weight is 397 g/mol. The second kappa shape index (κ2) is 10.9. The zero-order chi connectivity index (χ0) is 20.5. The van der Waals surface area contributed by atoms with Gasteiger partial charge in [0.15, 0.2) is 11.5 Å². The molecule has 0 spiro atoms. The molecule has 29 heavy (non-hydrogen) atoms. The van der Waals surface area contributed by atoms with Crippen LogP contribution in [0.4, 0.5) is 0 Å². The van der Waals surface area contributed by atoms with Crippen LogP contribution >= 0.6 is 0 Å². The highest BCUT2D eigenvalue weighted by Gasteiger charge is 2.13. The Morgan fingerprint density at radius 1 is 0.793 bits per heavy atom. The first-order chi connectivity index (χ1) is 14.2. The molecular formula is C24H32N2O3. The highest BCUT2D eigenvalue weighted by atomic mass is 16.5. The van der Waals surface area contributed by atoms with E-state index < -0.39 is 0 Å². The van der Waals surface area contributed by atoms with Crippen molar-refractivity contribution < 1.29 is 14.2 Å². The van der Waals surface area contributed by atoms with E-state index in [1.54, 1.807) is 21.3 Å². The van der Waals surface area contributed by atoms with E-state index in [4.69, 9.17) is 14.2 Å². The van der Waals surface area contributed by atoms with E-state index in [0.717, 1.165) is 44.0 Å². The molecule has 1 N–H and O–H groups in total. The van der Waals surface area contributed by atoms with Crippen LogP contribution in [0.1, 0.15) is 42.4 Å². The average Bonchev–Trinajstić information content (AvgIpc) is 3.30. The van der Waals surface area contributed by atoms with Crippen LogP contribution in [0.15, 0.2) is 41.4 Å². The zero-order valence-corrected chi connectivity index (χ0v) is 17.8. The van der Waals surface area contributed by atoms with Crippen molar-refractivity contribution in [3.63, 3.8) is 0 Å². The normalized spacial score (nSPS) is 13.3. The first-order valence-corrected chi connectivity index (χ1v) is 10.4. The van der Waals surface area contributed by atoms with Crippen LogP contribution in [-0.4, -0.2) is 40.3 Å². The predicted molar refractivity (Wildman–Crippen MR) is 118 cm³/mol. The molecule has 5 nitrogen and oxygen atoms in total. The minimum Gasteiger partial charge on any atom is -0.493 e. The van der Waals surface area contributed by atoms with Crippen LogP contribution in [0, 0.1) is 0 Å². The summed E-state index contributed by atoms with van der Waals surface area (Å²) in [5.74, 6) is 2.11. The molecule has 0 aromatic heterocycles. The molecule has 3 rings (SSSR count). The van der Waals surface area contributed by atoms with Gasteiger partial charge < -0.3 is 14.2 Å². The highest BCUT2D eigenvalue weighted by Crippen LogP contribution is 2.38. The summed E-state index contributed by atoms with van der Waals surface area (Å²) in [6, 6.07) is 13.0. The minimum absolute atomic E-state index is 0.654. The van der Waals surface area contributed by atoms with Crippen molar-refractivity contribution in [1.29, 1.82) is 0 Å². The fourth-order valence-electron chi connectivity index (χ4n) is 3.73. The zero-order valence-electron chi connectivity index (χ0n) is 17.8. The lowest BCUT2D eigenvalue weighted by atomic mass is 10.0. The molecule has 0 aliphatic carbocycles. The Kier molecular flexibility index (Phi) is 7.94. The molecular weight excluding hydrogens is 364 g/mol. The van der Waals surface area contributed by atoms with Gasteiger partial charge in [-0.15, -0.1) is 0 Å². The fraction of sp³-hybridized carbons (Fsp3) is 0.458. The largest absolute Gasteiger partial charge is 0.493 e. The first kappa shape index (κ1) is 21.2. The minimum atomic E-state index is 0.654. The third-order valence-electron chi connectivity index (χ3n) is 5.37. The van der Waals surface area contributed by atoms with Gasteiger partial charge in [0, 0.05) is 6.54 Å². The van der Waals surface area contributed by atoms with E-state index in [2.05, 4.69) is 34.6 Å². The summed E-state index contributed by atoms with van der Waals surface area (Å²) in [6.07, 6.45) is 6.98. The molecule has 1 heterocycles. The lowest BCUT2D eigenvalue weighted by Crippen LogP contribution is -2.13. The van der Waals surface area contributed by atoms with E-state index in [1.165, 1.54) is 41.7 Å². The van der Waals surface area contributed by atoms with Gasteiger partial charge >= 0.3 is 0 Å². The van der Waals surface area contributed by atoms with E-state index in [1.807, 2.05) is 12.1 Å². The molecule has 0 fully saturated rings. The summed E-state index contributed by atoms with van der Waals surface area (Å²) in [4.78, 5) is 4.47.